The summed E-state index contributed by atoms with van der Waals surface area (Å²) < 4.78 is 14.2. The summed E-state index contributed by atoms with van der Waals surface area (Å²) in [5.41, 5.74) is 6.13. The van der Waals surface area contributed by atoms with Crippen molar-refractivity contribution in [3.8, 4) is 0 Å². The highest BCUT2D eigenvalue weighted by molar-refractivity contribution is 5.84. The molecule has 3 N–H and O–H groups in total. The normalized spacial score (nSPS) is 19.0. The molecule has 1 fully saturated rings. The molecule has 8 nitrogen and oxygen atoms in total. The predicted molar refractivity (Wildman–Crippen MR) is 131 cm³/mol. The zero-order valence-corrected chi connectivity index (χ0v) is 21.0. The Hall–Kier alpha value is -2.91. The van der Waals surface area contributed by atoms with E-state index in [2.05, 4.69) is 16.1 Å². The van der Waals surface area contributed by atoms with Crippen molar-refractivity contribution in [2.24, 2.45) is 5.41 Å². The summed E-state index contributed by atoms with van der Waals surface area (Å²) in [6.07, 6.45) is 4.32. The largest absolute Gasteiger partial charge is 0.392 e. The maximum atomic E-state index is 14.2. The van der Waals surface area contributed by atoms with Gasteiger partial charge in [-0.2, -0.15) is 0 Å². The van der Waals surface area contributed by atoms with Gasteiger partial charge in [0.2, 0.25) is 11.8 Å². The zero-order valence-electron chi connectivity index (χ0n) is 21.0. The van der Waals surface area contributed by atoms with Crippen molar-refractivity contribution in [2.45, 2.75) is 39.9 Å². The quantitative estimate of drug-likeness (QED) is 0.509. The van der Waals surface area contributed by atoms with Gasteiger partial charge in [-0.3, -0.25) is 14.5 Å². The molecule has 186 valence electrons. The molecule has 1 saturated heterocycles. The number of likely N-dealkylation sites (tertiary alicyclic amines) is 1. The Balaban J connectivity index is 1.65. The molecule has 2 heterocycles. The van der Waals surface area contributed by atoms with Gasteiger partial charge in [-0.25, -0.2) is 9.82 Å². The van der Waals surface area contributed by atoms with E-state index in [1.54, 1.807) is 0 Å². The van der Waals surface area contributed by atoms with Gasteiger partial charge in [0.05, 0.1) is 6.54 Å². The second kappa shape index (κ2) is 10.6. The number of hydrogen-bond acceptors (Lipinski definition) is 6. The lowest BCUT2D eigenvalue weighted by Gasteiger charge is -2.34. The third-order valence-corrected chi connectivity index (χ3v) is 6.46. The Morgan fingerprint density at radius 2 is 2.09 bits per heavy atom. The third-order valence-electron chi connectivity index (χ3n) is 6.46. The molecule has 34 heavy (non-hydrogen) atoms. The molecule has 0 aliphatic carbocycles. The molecule has 0 spiro atoms. The summed E-state index contributed by atoms with van der Waals surface area (Å²) in [7, 11) is 5.55. The zero-order chi connectivity index (χ0) is 25.0. The van der Waals surface area contributed by atoms with Crippen molar-refractivity contribution >= 4 is 17.4 Å². The molecule has 1 unspecified atom stereocenters. The van der Waals surface area contributed by atoms with Crippen LogP contribution in [0.5, 0.6) is 0 Å². The number of allylic oxidation sites excluding steroid dienone is 1. The highest BCUT2D eigenvalue weighted by atomic mass is 19.1. The summed E-state index contributed by atoms with van der Waals surface area (Å²) in [5, 5.41) is 7.82. The molecule has 0 bridgehead atoms. The topological polar surface area (TPSA) is 80.0 Å². The minimum atomic E-state index is -0.406. The van der Waals surface area contributed by atoms with Crippen LogP contribution in [-0.2, 0) is 16.1 Å². The number of carbonyl (C=O) groups is 2. The lowest BCUT2D eigenvalue weighted by Crippen LogP contribution is -2.50. The Morgan fingerprint density at radius 3 is 2.68 bits per heavy atom. The fraction of sp³-hybridized carbons (Fsp3) is 0.520. The van der Waals surface area contributed by atoms with E-state index in [-0.39, 0.29) is 36.9 Å². The first-order chi connectivity index (χ1) is 16.0. The maximum Gasteiger partial charge on any atom is 0.234 e. The van der Waals surface area contributed by atoms with Gasteiger partial charge in [0.25, 0.3) is 0 Å². The molecule has 2 amide bonds. The van der Waals surface area contributed by atoms with Gasteiger partial charge in [0, 0.05) is 51.0 Å². The summed E-state index contributed by atoms with van der Waals surface area (Å²) in [4.78, 5) is 29.4. The van der Waals surface area contributed by atoms with Crippen LogP contribution in [0.25, 0.3) is 5.57 Å². The van der Waals surface area contributed by atoms with Crippen molar-refractivity contribution in [1.82, 2.24) is 30.9 Å². The molecule has 0 saturated carbocycles. The second-order valence-electron chi connectivity index (χ2n) is 9.79. The Kier molecular flexibility index (Phi) is 7.99. The first-order valence-corrected chi connectivity index (χ1v) is 11.6. The number of nitrogens with zero attached hydrogens (tertiary/aromatic N) is 3. The molecule has 0 radical (unpaired) electrons. The van der Waals surface area contributed by atoms with E-state index in [0.717, 1.165) is 23.3 Å². The van der Waals surface area contributed by atoms with Crippen molar-refractivity contribution < 1.29 is 14.0 Å². The van der Waals surface area contributed by atoms with E-state index in [4.69, 9.17) is 0 Å². The number of nitrogens with one attached hydrogen (secondary N) is 3. The first-order valence-electron chi connectivity index (χ1n) is 11.6. The van der Waals surface area contributed by atoms with Gasteiger partial charge in [-0.1, -0.05) is 13.8 Å². The number of amides is 2. The lowest BCUT2D eigenvalue weighted by molar-refractivity contribution is -0.139. The number of likely N-dealkylation sites (N-methyl/N-ethyl adjacent to an activating group) is 1. The average molecular weight is 473 g/mol. The van der Waals surface area contributed by atoms with Gasteiger partial charge < -0.3 is 20.5 Å². The van der Waals surface area contributed by atoms with Crippen LogP contribution < -0.4 is 16.1 Å². The summed E-state index contributed by atoms with van der Waals surface area (Å²) >= 11 is 0. The smallest absolute Gasteiger partial charge is 0.234 e. The average Bonchev–Trinajstić information content (AvgIpc) is 3.33. The molecular formula is C25H37FN6O2. The van der Waals surface area contributed by atoms with E-state index in [9.17, 15) is 14.0 Å². The minimum absolute atomic E-state index is 0.0820. The fourth-order valence-electron chi connectivity index (χ4n) is 4.24. The van der Waals surface area contributed by atoms with E-state index in [1.165, 1.54) is 12.1 Å². The third kappa shape index (κ3) is 6.15. The van der Waals surface area contributed by atoms with E-state index in [1.807, 2.05) is 75.1 Å². The second-order valence-corrected chi connectivity index (χ2v) is 9.79. The van der Waals surface area contributed by atoms with Crippen LogP contribution in [0, 0.1) is 11.2 Å². The van der Waals surface area contributed by atoms with Gasteiger partial charge >= 0.3 is 0 Å². The van der Waals surface area contributed by atoms with E-state index >= 15 is 0 Å². The molecule has 9 heteroatoms. The highest BCUT2D eigenvalue weighted by Gasteiger charge is 2.42. The van der Waals surface area contributed by atoms with Gasteiger partial charge in [0.15, 0.2) is 0 Å². The summed E-state index contributed by atoms with van der Waals surface area (Å²) in [6, 6.07) is 4.83. The standard InChI is InChI=1S/C25H37FN6O2/c1-17(27-4)9-23(32-8-7-25(2,3)24(32)34)30(5)16-22(33)28-13-18-10-19(12-21(26)11-18)20-14-29-31(6)15-20/h9-12,15,23,27,29H,7-8,13-14,16H2,1-6H3,(H,28,33)/b17-9-. The van der Waals surface area contributed by atoms with Gasteiger partial charge in [-0.05, 0) is 61.4 Å². The van der Waals surface area contributed by atoms with Crippen LogP contribution in [0.15, 0.2) is 36.2 Å². The summed E-state index contributed by atoms with van der Waals surface area (Å²) in [6.45, 7) is 7.43. The van der Waals surface area contributed by atoms with E-state index < -0.39 is 5.41 Å². The fourth-order valence-corrected chi connectivity index (χ4v) is 4.24. The monoisotopic (exact) mass is 472 g/mol. The molecule has 1 atom stereocenters. The highest BCUT2D eigenvalue weighted by Crippen LogP contribution is 2.32. The number of halogens is 1. The van der Waals surface area contributed by atoms with Crippen LogP contribution in [-0.4, -0.2) is 73.6 Å². The van der Waals surface area contributed by atoms with Crippen molar-refractivity contribution in [3.05, 3.63) is 53.1 Å². The molecule has 2 aliphatic heterocycles. The molecule has 1 aromatic rings. The number of benzene rings is 1. The number of carbonyl (C=O) groups excluding carboxylic acids is 2. The molecule has 1 aromatic carbocycles. The maximum absolute atomic E-state index is 14.2. The first kappa shape index (κ1) is 25.7. The Morgan fingerprint density at radius 1 is 1.35 bits per heavy atom. The molecular weight excluding hydrogens is 435 g/mol. The number of hydrogen-bond donors (Lipinski definition) is 3. The summed E-state index contributed by atoms with van der Waals surface area (Å²) in [5.74, 6) is -0.447. The Bertz CT molecular complexity index is 990. The minimum Gasteiger partial charge on any atom is -0.392 e. The van der Waals surface area contributed by atoms with Crippen LogP contribution in [0.3, 0.4) is 0 Å². The van der Waals surface area contributed by atoms with Crippen molar-refractivity contribution in [2.75, 3.05) is 40.8 Å². The molecule has 0 aromatic heterocycles. The van der Waals surface area contributed by atoms with Crippen LogP contribution in [0.4, 0.5) is 4.39 Å². The van der Waals surface area contributed by atoms with Gasteiger partial charge in [0.1, 0.15) is 12.0 Å². The van der Waals surface area contributed by atoms with Crippen molar-refractivity contribution in [3.63, 3.8) is 0 Å². The molecule has 3 rings (SSSR count). The van der Waals surface area contributed by atoms with Gasteiger partial charge in [-0.15, -0.1) is 0 Å². The predicted octanol–water partition coefficient (Wildman–Crippen LogP) is 1.87. The van der Waals surface area contributed by atoms with Crippen LogP contribution in [0.1, 0.15) is 38.3 Å². The Labute approximate surface area is 201 Å². The molecule has 2 aliphatic rings. The van der Waals surface area contributed by atoms with E-state index in [0.29, 0.717) is 18.7 Å². The van der Waals surface area contributed by atoms with Crippen molar-refractivity contribution in [1.29, 1.82) is 0 Å². The lowest BCUT2D eigenvalue weighted by atomic mass is 9.92. The SMILES string of the molecule is CN/C(C)=C\C(N(C)CC(=O)NCc1cc(F)cc(C2=CN(C)NC2)c1)N1CCC(C)(C)C1=O. The van der Waals surface area contributed by atoms with Crippen LogP contribution in [0.2, 0.25) is 0 Å². The number of rotatable bonds is 9. The van der Waals surface area contributed by atoms with Crippen LogP contribution >= 0.6 is 0 Å². The number of hydrazine groups is 1.